The van der Waals surface area contributed by atoms with E-state index in [1.165, 1.54) is 155 Å². The van der Waals surface area contributed by atoms with Gasteiger partial charge in [0, 0.05) is 62.1 Å². The number of hydrogen-bond acceptors (Lipinski definition) is 2. The molecule has 1 aromatic heterocycles. The molecule has 5 heterocycles. The molecule has 3 nitrogen and oxygen atoms in total. The van der Waals surface area contributed by atoms with Crippen LogP contribution in [0.15, 0.2) is 291 Å². The number of hydrogen-bond donors (Lipinski definition) is 0. The second kappa shape index (κ2) is 17.5. The van der Waals surface area contributed by atoms with Crippen LogP contribution in [0.1, 0.15) is 22.6 Å². The summed E-state index contributed by atoms with van der Waals surface area (Å²) in [5.41, 5.74) is 35.8. The molecular formula is C79H49B2N3. The lowest BCUT2D eigenvalue weighted by molar-refractivity contribution is 1.02. The van der Waals surface area contributed by atoms with Crippen molar-refractivity contribution in [2.24, 2.45) is 0 Å². The molecule has 0 saturated carbocycles. The predicted molar refractivity (Wildman–Crippen MR) is 354 cm³/mol. The molecule has 0 spiro atoms. The van der Waals surface area contributed by atoms with Crippen LogP contribution in [0.3, 0.4) is 0 Å². The Hall–Kier alpha value is -10.6. The third kappa shape index (κ3) is 6.33. The summed E-state index contributed by atoms with van der Waals surface area (Å²) in [5, 5.41) is 2.59. The summed E-state index contributed by atoms with van der Waals surface area (Å²) in [4.78, 5) is 5.11. The van der Waals surface area contributed by atoms with Crippen molar-refractivity contribution in [1.82, 2.24) is 4.57 Å². The molecule has 4 aliphatic heterocycles. The molecule has 0 bridgehead atoms. The lowest BCUT2D eigenvalue weighted by Crippen LogP contribution is -2.61. The average Bonchev–Trinajstić information content (AvgIpc) is 1.97. The topological polar surface area (TPSA) is 11.4 Å². The number of anilines is 6. The van der Waals surface area contributed by atoms with Gasteiger partial charge in [0.1, 0.15) is 0 Å². The van der Waals surface area contributed by atoms with Crippen LogP contribution >= 0.6 is 0 Å². The Bertz CT molecular complexity index is 5070. The maximum Gasteiger partial charge on any atom is 0.252 e. The zero-order valence-corrected chi connectivity index (χ0v) is 45.8. The molecule has 0 saturated heterocycles. The summed E-state index contributed by atoms with van der Waals surface area (Å²) in [6.45, 7) is -0.0446. The first-order valence-corrected chi connectivity index (χ1v) is 29.5. The summed E-state index contributed by atoms with van der Waals surface area (Å²) >= 11 is 0. The fraction of sp³-hybridized carbons (Fsp3) is 0.0127. The van der Waals surface area contributed by atoms with Crippen LogP contribution in [0.25, 0.3) is 83.1 Å². The van der Waals surface area contributed by atoms with E-state index in [2.05, 4.69) is 306 Å². The third-order valence-corrected chi connectivity index (χ3v) is 19.3. The Morgan fingerprint density at radius 3 is 1.32 bits per heavy atom. The van der Waals surface area contributed by atoms with Gasteiger partial charge in [-0.15, -0.1) is 0 Å². The van der Waals surface area contributed by atoms with E-state index in [0.717, 1.165) is 11.4 Å². The van der Waals surface area contributed by atoms with Gasteiger partial charge in [-0.05, 0) is 149 Å². The monoisotopic (exact) mass is 1060 g/mol. The van der Waals surface area contributed by atoms with E-state index < -0.39 is 0 Å². The van der Waals surface area contributed by atoms with Crippen molar-refractivity contribution in [3.8, 4) is 61.3 Å². The van der Waals surface area contributed by atoms with Gasteiger partial charge in [-0.1, -0.05) is 242 Å². The molecule has 84 heavy (non-hydrogen) atoms. The van der Waals surface area contributed by atoms with Crippen LogP contribution < -0.4 is 42.6 Å². The van der Waals surface area contributed by atoms with E-state index in [0.29, 0.717) is 0 Å². The Balaban J connectivity index is 0.897. The van der Waals surface area contributed by atoms with Crippen molar-refractivity contribution >= 4 is 102 Å². The largest absolute Gasteiger partial charge is 0.312 e. The summed E-state index contributed by atoms with van der Waals surface area (Å²) in [5.74, 6) is 0.0481. The summed E-state index contributed by atoms with van der Waals surface area (Å²) in [7, 11) is 0. The fourth-order valence-corrected chi connectivity index (χ4v) is 15.8. The van der Waals surface area contributed by atoms with Crippen molar-refractivity contribution in [1.29, 1.82) is 0 Å². The molecule has 1 unspecified atom stereocenters. The molecule has 14 aromatic rings. The normalized spacial score (nSPS) is 14.2. The number of benzene rings is 13. The molecule has 0 N–H and O–H groups in total. The zero-order valence-electron chi connectivity index (χ0n) is 45.8. The highest BCUT2D eigenvalue weighted by Crippen LogP contribution is 2.55. The van der Waals surface area contributed by atoms with Gasteiger partial charge in [0.15, 0.2) is 0 Å². The molecule has 0 fully saturated rings. The van der Waals surface area contributed by atoms with Crippen LogP contribution in [-0.4, -0.2) is 18.0 Å². The average molecular weight is 1060 g/mol. The van der Waals surface area contributed by atoms with Crippen molar-refractivity contribution in [3.63, 3.8) is 0 Å². The number of fused-ring (bicyclic) bond motifs is 16. The SMILES string of the molecule is c1ccc(-c2ccc(N3c4ccc(-c5ccccc5)cc4B4c5cc6c7ccc8c9c7n(c6c6c5C(c5ccccc5-6)c5cccc3c54)-c3ccccc3B9c3cc(-c4ccccc4)ccc3N8c3ccc(-c4ccccc4)cc3)cc2)cc1. The number of para-hydroxylation sites is 1. The summed E-state index contributed by atoms with van der Waals surface area (Å²) in [6, 6.07) is 110. The van der Waals surface area contributed by atoms with E-state index in [-0.39, 0.29) is 19.3 Å². The summed E-state index contributed by atoms with van der Waals surface area (Å²) < 4.78 is 2.71. The van der Waals surface area contributed by atoms with Crippen molar-refractivity contribution in [2.45, 2.75) is 5.92 Å². The van der Waals surface area contributed by atoms with Gasteiger partial charge in [-0.2, -0.15) is 0 Å². The molecule has 19 rings (SSSR count). The molecule has 5 heteroatoms. The number of aromatic nitrogens is 1. The van der Waals surface area contributed by atoms with Crippen molar-refractivity contribution in [3.05, 3.63) is 308 Å². The highest BCUT2D eigenvalue weighted by molar-refractivity contribution is 7.01. The first-order valence-electron chi connectivity index (χ1n) is 29.5. The molecular weight excluding hydrogens is 1010 g/mol. The first kappa shape index (κ1) is 46.0. The quantitative estimate of drug-likeness (QED) is 0.154. The van der Waals surface area contributed by atoms with Crippen LogP contribution in [-0.2, 0) is 0 Å². The van der Waals surface area contributed by atoms with Gasteiger partial charge in [0.05, 0.1) is 11.0 Å². The van der Waals surface area contributed by atoms with E-state index in [1.807, 2.05) is 0 Å². The molecule has 5 aliphatic rings. The second-order valence-electron chi connectivity index (χ2n) is 23.4. The zero-order chi connectivity index (χ0) is 54.7. The molecule has 13 aromatic carbocycles. The Morgan fingerprint density at radius 1 is 0.274 bits per heavy atom. The second-order valence-corrected chi connectivity index (χ2v) is 23.4. The highest BCUT2D eigenvalue weighted by atomic mass is 15.2. The fourth-order valence-electron chi connectivity index (χ4n) is 15.8. The standard InChI is InChI=1S/C79H49B2N3/c1-5-18-49(19-6-1)53-32-38-57(39-33-53)82-70-44-37-56(52-24-11-4-12-25-52)47-66(70)81-67-48-63-61-42-45-72-77-79(61)84(78(63)74-60-27-14-13-26-59(60)73(75(67)74)62-28-17-31-71(82)76(62)81)68-30-16-15-29-64(68)80(77)65-46-55(51-22-9-3-10-23-51)36-43-69(65)83(72)58-40-34-54(35-41-58)50-20-7-2-8-21-50/h1-48,73H. The van der Waals surface area contributed by atoms with Crippen LogP contribution in [0.4, 0.5) is 34.1 Å². The van der Waals surface area contributed by atoms with Gasteiger partial charge in [-0.25, -0.2) is 0 Å². The van der Waals surface area contributed by atoms with Gasteiger partial charge in [0.25, 0.3) is 6.71 Å². The van der Waals surface area contributed by atoms with Gasteiger partial charge < -0.3 is 14.4 Å². The van der Waals surface area contributed by atoms with Crippen LogP contribution in [0.2, 0.25) is 0 Å². The minimum atomic E-state index is -0.0303. The number of rotatable bonds is 6. The summed E-state index contributed by atoms with van der Waals surface area (Å²) in [6.07, 6.45) is 0. The Kier molecular flexibility index (Phi) is 9.57. The minimum Gasteiger partial charge on any atom is -0.312 e. The number of nitrogens with zero attached hydrogens (tertiary/aromatic N) is 3. The Labute approximate surface area is 488 Å². The van der Waals surface area contributed by atoms with Gasteiger partial charge in [-0.3, -0.25) is 0 Å². The van der Waals surface area contributed by atoms with Crippen LogP contribution in [0.5, 0.6) is 0 Å². The maximum atomic E-state index is 2.71. The first-order chi connectivity index (χ1) is 41.7. The highest BCUT2D eigenvalue weighted by Gasteiger charge is 2.50. The predicted octanol–water partition coefficient (Wildman–Crippen LogP) is 15.8. The maximum absolute atomic E-state index is 2.71. The van der Waals surface area contributed by atoms with E-state index in [4.69, 9.17) is 0 Å². The lowest BCUT2D eigenvalue weighted by Gasteiger charge is -2.42. The van der Waals surface area contributed by atoms with E-state index >= 15 is 0 Å². The van der Waals surface area contributed by atoms with Gasteiger partial charge >= 0.3 is 0 Å². The minimum absolute atomic E-state index is 0.0142. The smallest absolute Gasteiger partial charge is 0.252 e. The molecule has 386 valence electrons. The van der Waals surface area contributed by atoms with Crippen molar-refractivity contribution in [2.75, 3.05) is 9.80 Å². The molecule has 1 atom stereocenters. The third-order valence-electron chi connectivity index (χ3n) is 19.3. The van der Waals surface area contributed by atoms with Crippen molar-refractivity contribution < 1.29 is 0 Å². The van der Waals surface area contributed by atoms with E-state index in [9.17, 15) is 0 Å². The van der Waals surface area contributed by atoms with E-state index in [1.54, 1.807) is 0 Å². The molecule has 1 aliphatic carbocycles. The van der Waals surface area contributed by atoms with Gasteiger partial charge in [0.2, 0.25) is 6.71 Å². The Morgan fingerprint density at radius 2 is 0.726 bits per heavy atom. The van der Waals surface area contributed by atoms with Crippen LogP contribution in [0, 0.1) is 0 Å². The lowest BCUT2D eigenvalue weighted by atomic mass is 9.31. The molecule has 0 radical (unpaired) electrons. The molecule has 0 amide bonds.